The number of ether oxygens (including phenoxy) is 2. The van der Waals surface area contributed by atoms with Gasteiger partial charge in [0, 0.05) is 17.0 Å². The fourth-order valence-corrected chi connectivity index (χ4v) is 5.82. The molecule has 2 aromatic heterocycles. The van der Waals surface area contributed by atoms with E-state index in [0.29, 0.717) is 40.4 Å². The predicted molar refractivity (Wildman–Crippen MR) is 152 cm³/mol. The van der Waals surface area contributed by atoms with Crippen LogP contribution in [0.3, 0.4) is 0 Å². The summed E-state index contributed by atoms with van der Waals surface area (Å²) in [7, 11) is 1.33. The summed E-state index contributed by atoms with van der Waals surface area (Å²) >= 11 is 2.60. The minimum Gasteiger partial charge on any atom is -0.493 e. The van der Waals surface area contributed by atoms with E-state index in [-0.39, 0.29) is 11.7 Å². The third kappa shape index (κ3) is 5.81. The lowest BCUT2D eigenvalue weighted by Crippen LogP contribution is -2.16. The van der Waals surface area contributed by atoms with E-state index in [9.17, 15) is 9.59 Å². The molecular weight excluding hydrogens is 520 g/mol. The highest BCUT2D eigenvalue weighted by Crippen LogP contribution is 2.40. The van der Waals surface area contributed by atoms with Crippen LogP contribution in [0.4, 0.5) is 5.00 Å². The van der Waals surface area contributed by atoms with Crippen molar-refractivity contribution in [3.63, 3.8) is 0 Å². The van der Waals surface area contributed by atoms with Gasteiger partial charge >= 0.3 is 5.97 Å². The van der Waals surface area contributed by atoms with Crippen molar-refractivity contribution in [2.24, 2.45) is 0 Å². The van der Waals surface area contributed by atoms with Gasteiger partial charge in [0.2, 0.25) is 5.91 Å². The topological polar surface area (TPSA) is 95.3 Å². The molecule has 2 heterocycles. The van der Waals surface area contributed by atoms with E-state index in [4.69, 9.17) is 9.47 Å². The summed E-state index contributed by atoms with van der Waals surface area (Å²) in [5.74, 6) is 0.636. The molecule has 8 nitrogen and oxygen atoms in total. The molecule has 0 fully saturated rings. The lowest BCUT2D eigenvalue weighted by Gasteiger charge is -2.11. The number of hydrogen-bond acceptors (Lipinski definition) is 8. The average Bonchev–Trinajstić information content (AvgIpc) is 3.48. The van der Waals surface area contributed by atoms with Gasteiger partial charge in [-0.05, 0) is 31.5 Å². The smallest absolute Gasteiger partial charge is 0.341 e. The number of amides is 1. The molecule has 1 N–H and O–H groups in total. The van der Waals surface area contributed by atoms with Crippen molar-refractivity contribution < 1.29 is 19.1 Å². The van der Waals surface area contributed by atoms with Crippen LogP contribution in [0.15, 0.2) is 72.4 Å². The quantitative estimate of drug-likeness (QED) is 0.138. The molecule has 0 aliphatic carbocycles. The number of carbonyl (C=O) groups is 2. The molecule has 4 aromatic rings. The number of carbonyl (C=O) groups excluding carboxylic acids is 2. The number of hydrogen-bond donors (Lipinski definition) is 1. The van der Waals surface area contributed by atoms with Crippen LogP contribution in [0.25, 0.3) is 22.5 Å². The van der Waals surface area contributed by atoms with Crippen molar-refractivity contribution >= 4 is 40.0 Å². The van der Waals surface area contributed by atoms with Crippen LogP contribution in [-0.4, -0.2) is 46.1 Å². The van der Waals surface area contributed by atoms with Crippen molar-refractivity contribution in [3.05, 3.63) is 77.7 Å². The zero-order valence-corrected chi connectivity index (χ0v) is 23.0. The number of rotatable bonds is 11. The summed E-state index contributed by atoms with van der Waals surface area (Å²) in [6.45, 7) is 8.68. The second kappa shape index (κ2) is 12.6. The Morgan fingerprint density at radius 1 is 1.13 bits per heavy atom. The fraction of sp³-hybridized carbons (Fsp3) is 0.214. The van der Waals surface area contributed by atoms with Crippen molar-refractivity contribution in [3.8, 4) is 28.3 Å². The monoisotopic (exact) mass is 548 g/mol. The first-order valence-corrected chi connectivity index (χ1v) is 13.7. The van der Waals surface area contributed by atoms with Crippen molar-refractivity contribution in [2.45, 2.75) is 25.5 Å². The summed E-state index contributed by atoms with van der Waals surface area (Å²) in [5, 5.41) is 12.6. The molecule has 0 atom stereocenters. The molecule has 2 aromatic carbocycles. The van der Waals surface area contributed by atoms with Crippen LogP contribution >= 0.6 is 23.1 Å². The number of aryl methyl sites for hydroxylation is 1. The molecule has 0 spiro atoms. The van der Waals surface area contributed by atoms with Crippen molar-refractivity contribution in [1.29, 1.82) is 0 Å². The van der Waals surface area contributed by atoms with E-state index in [2.05, 4.69) is 22.1 Å². The number of thioether (sulfide) groups is 1. The Bertz CT molecular complexity index is 1450. The molecule has 0 aliphatic heterocycles. The van der Waals surface area contributed by atoms with Crippen LogP contribution < -0.4 is 10.1 Å². The Kier molecular flexibility index (Phi) is 8.98. The summed E-state index contributed by atoms with van der Waals surface area (Å²) in [5.41, 5.74) is 2.80. The first-order chi connectivity index (χ1) is 18.5. The van der Waals surface area contributed by atoms with Gasteiger partial charge in [0.15, 0.2) is 11.0 Å². The Hall–Kier alpha value is -3.89. The Labute approximate surface area is 229 Å². The van der Waals surface area contributed by atoms with E-state index in [1.54, 1.807) is 6.08 Å². The molecular formula is C28H28N4O4S2. The third-order valence-corrected chi connectivity index (χ3v) is 7.57. The molecule has 4 rings (SSSR count). The van der Waals surface area contributed by atoms with Gasteiger partial charge < -0.3 is 14.8 Å². The van der Waals surface area contributed by atoms with E-state index in [1.807, 2.05) is 73.0 Å². The normalized spacial score (nSPS) is 10.7. The summed E-state index contributed by atoms with van der Waals surface area (Å²) in [6.07, 6.45) is 1.75. The molecule has 196 valence electrons. The number of aromatic nitrogens is 3. The number of esters is 1. The highest BCUT2D eigenvalue weighted by atomic mass is 32.2. The first-order valence-electron chi connectivity index (χ1n) is 11.9. The van der Waals surface area contributed by atoms with Gasteiger partial charge in [-0.1, -0.05) is 60.3 Å². The maximum Gasteiger partial charge on any atom is 0.341 e. The van der Waals surface area contributed by atoms with Crippen LogP contribution in [0.1, 0.15) is 22.2 Å². The first kappa shape index (κ1) is 27.2. The number of thiophene rings is 1. The van der Waals surface area contributed by atoms with Crippen LogP contribution in [0.5, 0.6) is 5.75 Å². The highest BCUT2D eigenvalue weighted by molar-refractivity contribution is 7.99. The highest BCUT2D eigenvalue weighted by Gasteiger charge is 2.25. The predicted octanol–water partition coefficient (Wildman–Crippen LogP) is 6.08. The van der Waals surface area contributed by atoms with E-state index >= 15 is 0 Å². The van der Waals surface area contributed by atoms with Crippen molar-refractivity contribution in [2.75, 3.05) is 24.8 Å². The SMILES string of the molecule is C=CCn1c(SCC(=O)Nc2sc(C)c(-c3ccccc3)c2C(=O)OC)nnc1-c1ccccc1OCC. The maximum absolute atomic E-state index is 13.0. The third-order valence-electron chi connectivity index (χ3n) is 5.58. The lowest BCUT2D eigenvalue weighted by molar-refractivity contribution is -0.113. The van der Waals surface area contributed by atoms with E-state index in [1.165, 1.54) is 30.2 Å². The van der Waals surface area contributed by atoms with Gasteiger partial charge in [-0.2, -0.15) is 0 Å². The molecule has 10 heteroatoms. The average molecular weight is 549 g/mol. The number of para-hydroxylation sites is 1. The maximum atomic E-state index is 13.0. The summed E-state index contributed by atoms with van der Waals surface area (Å²) in [6, 6.07) is 17.2. The van der Waals surface area contributed by atoms with Gasteiger partial charge in [-0.3, -0.25) is 9.36 Å². The lowest BCUT2D eigenvalue weighted by atomic mass is 10.0. The zero-order chi connectivity index (χ0) is 27.1. The molecule has 0 unspecified atom stereocenters. The number of allylic oxidation sites excluding steroid dienone is 1. The minimum absolute atomic E-state index is 0.0701. The molecule has 1 amide bonds. The Balaban J connectivity index is 1.56. The van der Waals surface area contributed by atoms with Gasteiger partial charge in [-0.25, -0.2) is 4.79 Å². The number of nitrogens with one attached hydrogen (secondary N) is 1. The summed E-state index contributed by atoms with van der Waals surface area (Å²) < 4.78 is 12.7. The zero-order valence-electron chi connectivity index (χ0n) is 21.4. The standard InChI is InChI=1S/C28H28N4O4S2/c1-5-16-32-25(20-14-10-11-15-21(20)36-6-2)30-31-28(32)37-17-22(33)29-26-24(27(34)35-4)23(18(3)38-26)19-12-8-7-9-13-19/h5,7-15H,1,6,16-17H2,2-4H3,(H,29,33). The van der Waals surface area contributed by atoms with Gasteiger partial charge in [0.25, 0.3) is 0 Å². The number of anilines is 1. The second-order valence-corrected chi connectivity index (χ2v) is 10.2. The van der Waals surface area contributed by atoms with Crippen LogP contribution in [-0.2, 0) is 16.1 Å². The Morgan fingerprint density at radius 3 is 2.58 bits per heavy atom. The molecule has 0 saturated carbocycles. The van der Waals surface area contributed by atoms with Gasteiger partial charge in [-0.15, -0.1) is 28.1 Å². The van der Waals surface area contributed by atoms with Gasteiger partial charge in [0.1, 0.15) is 16.3 Å². The largest absolute Gasteiger partial charge is 0.493 e. The fourth-order valence-electron chi connectivity index (χ4n) is 4.00. The van der Waals surface area contributed by atoms with E-state index in [0.717, 1.165) is 21.6 Å². The van der Waals surface area contributed by atoms with Crippen LogP contribution in [0.2, 0.25) is 0 Å². The number of methoxy groups -OCH3 is 1. The van der Waals surface area contributed by atoms with Crippen molar-refractivity contribution in [1.82, 2.24) is 14.8 Å². The molecule has 0 radical (unpaired) electrons. The van der Waals surface area contributed by atoms with E-state index < -0.39 is 5.97 Å². The molecule has 0 bridgehead atoms. The minimum atomic E-state index is -0.500. The number of nitrogens with zero attached hydrogens (tertiary/aromatic N) is 3. The number of benzene rings is 2. The second-order valence-electron chi connectivity index (χ2n) is 8.07. The Morgan fingerprint density at radius 2 is 1.87 bits per heavy atom. The summed E-state index contributed by atoms with van der Waals surface area (Å²) in [4.78, 5) is 26.6. The van der Waals surface area contributed by atoms with Gasteiger partial charge in [0.05, 0.1) is 25.0 Å². The molecule has 38 heavy (non-hydrogen) atoms. The van der Waals surface area contributed by atoms with Crippen LogP contribution in [0, 0.1) is 6.92 Å². The molecule has 0 aliphatic rings. The molecule has 0 saturated heterocycles.